The monoisotopic (exact) mass is 392 g/mol. The maximum Gasteiger partial charge on any atom is 0.409 e. The van der Waals surface area contributed by atoms with Crippen molar-refractivity contribution in [2.24, 2.45) is 0 Å². The van der Waals surface area contributed by atoms with Gasteiger partial charge in [0.15, 0.2) is 5.82 Å². The molecule has 1 saturated heterocycles. The van der Waals surface area contributed by atoms with Gasteiger partial charge in [-0.2, -0.15) is 22.5 Å². The molecule has 2 aliphatic rings. The van der Waals surface area contributed by atoms with Crippen LogP contribution >= 0.6 is 0 Å². The maximum atomic E-state index is 14.8. The number of alkyl halides is 3. The lowest BCUT2D eigenvalue weighted by Crippen LogP contribution is -2.50. The summed E-state index contributed by atoms with van der Waals surface area (Å²) in [6.45, 7) is 3.52. The first-order chi connectivity index (χ1) is 12.6. The predicted octanol–water partition coefficient (Wildman–Crippen LogP) is 1.51. The van der Waals surface area contributed by atoms with Gasteiger partial charge >= 0.3 is 6.18 Å². The predicted molar refractivity (Wildman–Crippen MR) is 88.7 cm³/mol. The van der Waals surface area contributed by atoms with Crippen LogP contribution < -0.4 is 15.4 Å². The molecule has 0 aromatic carbocycles. The molecule has 2 aliphatic heterocycles. The van der Waals surface area contributed by atoms with Gasteiger partial charge in [-0.25, -0.2) is 0 Å². The molecule has 0 unspecified atom stereocenters. The highest BCUT2D eigenvalue weighted by Crippen LogP contribution is 2.38. The van der Waals surface area contributed by atoms with Gasteiger partial charge in [-0.1, -0.05) is 0 Å². The highest BCUT2D eigenvalue weighted by Gasteiger charge is 2.46. The van der Waals surface area contributed by atoms with Crippen molar-refractivity contribution in [3.63, 3.8) is 0 Å². The first-order valence-corrected chi connectivity index (χ1v) is 8.58. The van der Waals surface area contributed by atoms with Crippen LogP contribution in [0, 0.1) is 5.82 Å². The van der Waals surface area contributed by atoms with E-state index in [-0.39, 0.29) is 56.4 Å². The molecule has 150 valence electrons. The van der Waals surface area contributed by atoms with Gasteiger partial charge in [0.2, 0.25) is 11.8 Å². The van der Waals surface area contributed by atoms with Crippen LogP contribution in [0.25, 0.3) is 0 Å². The molecule has 3 heterocycles. The lowest BCUT2D eigenvalue weighted by atomic mass is 10.1. The number of fused-ring (bicyclic) bond motifs is 1. The van der Waals surface area contributed by atoms with E-state index >= 15 is 0 Å². The summed E-state index contributed by atoms with van der Waals surface area (Å²) in [6, 6.07) is -2.48. The fourth-order valence-corrected chi connectivity index (χ4v) is 3.46. The number of hydrogen-bond donors (Lipinski definition) is 0. The minimum atomic E-state index is -4.73. The number of carbonyl (C=O) groups excluding carboxylic acids is 1. The Labute approximate surface area is 152 Å². The van der Waals surface area contributed by atoms with Crippen LogP contribution in [0.4, 0.5) is 29.3 Å². The van der Waals surface area contributed by atoms with Crippen molar-refractivity contribution in [2.75, 3.05) is 42.6 Å². The topological polar surface area (TPSA) is 67.7 Å². The number of halogens is 4. The number of carbonyl (C=O) groups is 1. The van der Waals surface area contributed by atoms with E-state index in [2.05, 4.69) is 4.98 Å². The van der Waals surface area contributed by atoms with Crippen LogP contribution in [0.5, 0.6) is 0 Å². The van der Waals surface area contributed by atoms with E-state index in [9.17, 15) is 27.2 Å². The number of ether oxygens (including phenoxy) is 1. The summed E-state index contributed by atoms with van der Waals surface area (Å²) in [5.74, 6) is -2.27. The Hall–Kier alpha value is -2.17. The standard InChI is InChI=1S/C16H20F4N4O3/c1-9-8-27-6-5-23(9)13-12(17)14(26)24-11(16(18,19)20)3-4-22(7-10(2)25)15(24)21-13/h9,11H,3-8H2,1-2H3/t9-,11-/m1/s1. The first-order valence-electron chi connectivity index (χ1n) is 8.58. The fraction of sp³-hybridized carbons (Fsp3) is 0.688. The average molecular weight is 392 g/mol. The second-order valence-corrected chi connectivity index (χ2v) is 6.81. The summed E-state index contributed by atoms with van der Waals surface area (Å²) in [6.07, 6.45) is -5.19. The molecule has 1 aromatic rings. The number of morpholine rings is 1. The third kappa shape index (κ3) is 3.64. The zero-order valence-corrected chi connectivity index (χ0v) is 14.9. The molecule has 0 radical (unpaired) electrons. The molecule has 7 nitrogen and oxygen atoms in total. The molecule has 0 aliphatic carbocycles. The third-order valence-electron chi connectivity index (χ3n) is 4.72. The minimum absolute atomic E-state index is 0.111. The second-order valence-electron chi connectivity index (χ2n) is 6.81. The number of anilines is 2. The lowest BCUT2D eigenvalue weighted by Gasteiger charge is -2.38. The number of nitrogens with zero attached hydrogens (tertiary/aromatic N) is 4. The van der Waals surface area contributed by atoms with Crippen LogP contribution in [0.1, 0.15) is 26.3 Å². The Bertz CT molecular complexity index is 795. The molecule has 3 rings (SSSR count). The van der Waals surface area contributed by atoms with Crippen LogP contribution in [0.15, 0.2) is 4.79 Å². The quantitative estimate of drug-likeness (QED) is 0.727. The van der Waals surface area contributed by atoms with Gasteiger partial charge in [-0.05, 0) is 20.3 Å². The smallest absolute Gasteiger partial charge is 0.377 e. The summed E-state index contributed by atoms with van der Waals surface area (Å²) in [5.41, 5.74) is -1.38. The summed E-state index contributed by atoms with van der Waals surface area (Å²) >= 11 is 0. The molecule has 1 aromatic heterocycles. The molecular weight excluding hydrogens is 372 g/mol. The normalized spacial score (nSPS) is 23.3. The van der Waals surface area contributed by atoms with E-state index < -0.39 is 30.0 Å². The van der Waals surface area contributed by atoms with Crippen molar-refractivity contribution in [3.05, 3.63) is 16.2 Å². The van der Waals surface area contributed by atoms with Crippen LogP contribution in [0.3, 0.4) is 0 Å². The molecular formula is C16H20F4N4O3. The van der Waals surface area contributed by atoms with Crippen LogP contribution in [-0.4, -0.2) is 60.4 Å². The Kier molecular flexibility index (Phi) is 5.15. The zero-order valence-electron chi connectivity index (χ0n) is 14.9. The Morgan fingerprint density at radius 2 is 2.04 bits per heavy atom. The third-order valence-corrected chi connectivity index (χ3v) is 4.72. The molecule has 2 atom stereocenters. The number of hydrogen-bond acceptors (Lipinski definition) is 6. The molecule has 11 heteroatoms. The van der Waals surface area contributed by atoms with E-state index in [4.69, 9.17) is 4.74 Å². The van der Waals surface area contributed by atoms with E-state index in [0.29, 0.717) is 4.57 Å². The number of rotatable bonds is 3. The Morgan fingerprint density at radius 3 is 2.63 bits per heavy atom. The first kappa shape index (κ1) is 19.6. The van der Waals surface area contributed by atoms with Crippen molar-refractivity contribution in [3.8, 4) is 0 Å². The highest BCUT2D eigenvalue weighted by molar-refractivity contribution is 5.80. The maximum absolute atomic E-state index is 14.8. The van der Waals surface area contributed by atoms with Crippen molar-refractivity contribution >= 4 is 17.5 Å². The Morgan fingerprint density at radius 1 is 1.33 bits per heavy atom. The molecule has 0 bridgehead atoms. The number of aromatic nitrogens is 2. The van der Waals surface area contributed by atoms with Gasteiger partial charge in [0.1, 0.15) is 11.8 Å². The van der Waals surface area contributed by atoms with Crippen molar-refractivity contribution in [1.82, 2.24) is 9.55 Å². The van der Waals surface area contributed by atoms with E-state index in [1.165, 1.54) is 16.7 Å². The van der Waals surface area contributed by atoms with Gasteiger partial charge < -0.3 is 14.5 Å². The summed E-state index contributed by atoms with van der Waals surface area (Å²) in [5, 5.41) is 0. The molecule has 0 amide bonds. The van der Waals surface area contributed by atoms with Crippen molar-refractivity contribution in [1.29, 1.82) is 0 Å². The highest BCUT2D eigenvalue weighted by atomic mass is 19.4. The SMILES string of the molecule is CC(=O)CN1CC[C@H](C(F)(F)F)n2c1nc(N1CCOC[C@H]1C)c(F)c2=O. The largest absolute Gasteiger partial charge is 0.409 e. The van der Waals surface area contributed by atoms with E-state index in [1.807, 2.05) is 0 Å². The molecule has 0 saturated carbocycles. The average Bonchev–Trinajstić information content (AvgIpc) is 2.57. The molecule has 1 fully saturated rings. The Balaban J connectivity index is 2.17. The summed E-state index contributed by atoms with van der Waals surface area (Å²) < 4.78 is 60.6. The zero-order chi connectivity index (χ0) is 19.9. The van der Waals surface area contributed by atoms with Gasteiger partial charge in [0.25, 0.3) is 5.56 Å². The summed E-state index contributed by atoms with van der Waals surface area (Å²) in [4.78, 5) is 30.9. The molecule has 27 heavy (non-hydrogen) atoms. The van der Waals surface area contributed by atoms with Gasteiger partial charge in [0, 0.05) is 13.1 Å². The molecule has 0 spiro atoms. The van der Waals surface area contributed by atoms with Gasteiger partial charge in [-0.3, -0.25) is 14.2 Å². The summed E-state index contributed by atoms with van der Waals surface area (Å²) in [7, 11) is 0. The van der Waals surface area contributed by atoms with Crippen LogP contribution in [0.2, 0.25) is 0 Å². The van der Waals surface area contributed by atoms with E-state index in [1.54, 1.807) is 6.92 Å². The number of Topliss-reactive ketones (excluding diaryl/α,β-unsaturated/α-hetero) is 1. The second kappa shape index (κ2) is 7.10. The van der Waals surface area contributed by atoms with Crippen molar-refractivity contribution < 1.29 is 27.1 Å². The number of ketones is 1. The fourth-order valence-electron chi connectivity index (χ4n) is 3.46. The minimum Gasteiger partial charge on any atom is -0.377 e. The van der Waals surface area contributed by atoms with Crippen molar-refractivity contribution in [2.45, 2.75) is 38.5 Å². The van der Waals surface area contributed by atoms with Crippen LogP contribution in [-0.2, 0) is 9.53 Å². The van der Waals surface area contributed by atoms with Gasteiger partial charge in [0.05, 0.1) is 25.8 Å². The lowest BCUT2D eigenvalue weighted by molar-refractivity contribution is -0.171. The van der Waals surface area contributed by atoms with Gasteiger partial charge in [-0.15, -0.1) is 0 Å². The molecule has 0 N–H and O–H groups in total. The van der Waals surface area contributed by atoms with E-state index in [0.717, 1.165) is 0 Å².